The fraction of sp³-hybridized carbons (Fsp3) is 0.533. The molecule has 0 atom stereocenters. The third-order valence-corrected chi connectivity index (χ3v) is 2.97. The quantitative estimate of drug-likeness (QED) is 0.705. The number of hydrogen-bond acceptors (Lipinski definition) is 4. The lowest BCUT2D eigenvalue weighted by atomic mass is 10.1. The number of benzene rings is 1. The maximum Gasteiger partial charge on any atom is 0.251 e. The summed E-state index contributed by atoms with van der Waals surface area (Å²) in [5.41, 5.74) is 2.77. The number of anilines is 1. The molecule has 0 unspecified atom stereocenters. The molecule has 1 aromatic carbocycles. The average Bonchev–Trinajstić information content (AvgIpc) is 2.42. The van der Waals surface area contributed by atoms with E-state index in [0.717, 1.165) is 17.8 Å². The summed E-state index contributed by atoms with van der Waals surface area (Å²) in [6.45, 7) is 4.61. The Morgan fingerprint density at radius 3 is 2.65 bits per heavy atom. The van der Waals surface area contributed by atoms with Crippen molar-refractivity contribution in [3.05, 3.63) is 29.3 Å². The fourth-order valence-electron chi connectivity index (χ4n) is 1.77. The standard InChI is InChI=1S/C15H25N3O2/c1-12-11-13(5-6-14(12)16-2)15(19)17-7-9-20-10-8-18(3)4/h5-6,11,16H,7-10H2,1-4H3,(H,17,19). The highest BCUT2D eigenvalue weighted by molar-refractivity contribution is 5.94. The third-order valence-electron chi connectivity index (χ3n) is 2.97. The number of aryl methyl sites for hydroxylation is 1. The molecule has 0 spiro atoms. The molecule has 5 heteroatoms. The Morgan fingerprint density at radius 1 is 1.30 bits per heavy atom. The molecule has 0 saturated heterocycles. The third kappa shape index (κ3) is 5.59. The highest BCUT2D eigenvalue weighted by Crippen LogP contribution is 2.15. The number of amides is 1. The molecule has 1 amide bonds. The van der Waals surface area contributed by atoms with E-state index in [2.05, 4.69) is 15.5 Å². The number of likely N-dealkylation sites (N-methyl/N-ethyl adjacent to an activating group) is 1. The molecular formula is C15H25N3O2. The van der Waals surface area contributed by atoms with Crippen LogP contribution in [0.5, 0.6) is 0 Å². The van der Waals surface area contributed by atoms with Gasteiger partial charge in [-0.2, -0.15) is 0 Å². The van der Waals surface area contributed by atoms with E-state index in [0.29, 0.717) is 25.3 Å². The first-order valence-corrected chi connectivity index (χ1v) is 6.83. The average molecular weight is 279 g/mol. The summed E-state index contributed by atoms with van der Waals surface area (Å²) in [5.74, 6) is -0.0630. The molecule has 112 valence electrons. The van der Waals surface area contributed by atoms with E-state index in [4.69, 9.17) is 4.74 Å². The summed E-state index contributed by atoms with van der Waals surface area (Å²) in [6, 6.07) is 5.62. The Morgan fingerprint density at radius 2 is 2.05 bits per heavy atom. The molecule has 0 bridgehead atoms. The van der Waals surface area contributed by atoms with E-state index in [-0.39, 0.29) is 5.91 Å². The first-order valence-electron chi connectivity index (χ1n) is 6.83. The van der Waals surface area contributed by atoms with Crippen LogP contribution < -0.4 is 10.6 Å². The van der Waals surface area contributed by atoms with Crippen molar-refractivity contribution >= 4 is 11.6 Å². The number of nitrogens with zero attached hydrogens (tertiary/aromatic N) is 1. The van der Waals surface area contributed by atoms with Gasteiger partial charge in [0.05, 0.1) is 13.2 Å². The Bertz CT molecular complexity index is 433. The summed E-state index contributed by atoms with van der Waals surface area (Å²) < 4.78 is 5.42. The SMILES string of the molecule is CNc1ccc(C(=O)NCCOCCN(C)C)cc1C. The predicted molar refractivity (Wildman–Crippen MR) is 82.4 cm³/mol. The van der Waals surface area contributed by atoms with Crippen molar-refractivity contribution in [3.8, 4) is 0 Å². The Labute approximate surface area is 121 Å². The topological polar surface area (TPSA) is 53.6 Å². The van der Waals surface area contributed by atoms with E-state index in [1.165, 1.54) is 0 Å². The monoisotopic (exact) mass is 279 g/mol. The summed E-state index contributed by atoms with van der Waals surface area (Å²) >= 11 is 0. The molecule has 0 aliphatic carbocycles. The van der Waals surface area contributed by atoms with E-state index in [1.807, 2.05) is 46.3 Å². The molecule has 1 rings (SSSR count). The van der Waals surface area contributed by atoms with Crippen LogP contribution in [0, 0.1) is 6.92 Å². The van der Waals surface area contributed by atoms with Gasteiger partial charge in [0.25, 0.3) is 5.91 Å². The van der Waals surface area contributed by atoms with E-state index >= 15 is 0 Å². The largest absolute Gasteiger partial charge is 0.388 e. The molecule has 1 aromatic rings. The summed E-state index contributed by atoms with van der Waals surface area (Å²) in [6.07, 6.45) is 0. The second-order valence-corrected chi connectivity index (χ2v) is 4.95. The maximum absolute atomic E-state index is 11.9. The highest BCUT2D eigenvalue weighted by atomic mass is 16.5. The van der Waals surface area contributed by atoms with Gasteiger partial charge in [-0.25, -0.2) is 0 Å². The second kappa shape index (κ2) is 8.55. The lowest BCUT2D eigenvalue weighted by molar-refractivity contribution is 0.0900. The molecular weight excluding hydrogens is 254 g/mol. The summed E-state index contributed by atoms with van der Waals surface area (Å²) in [4.78, 5) is 14.0. The summed E-state index contributed by atoms with van der Waals surface area (Å²) in [7, 11) is 5.87. The smallest absolute Gasteiger partial charge is 0.251 e. The molecule has 0 radical (unpaired) electrons. The van der Waals surface area contributed by atoms with Gasteiger partial charge in [0, 0.05) is 31.4 Å². The summed E-state index contributed by atoms with van der Waals surface area (Å²) in [5, 5.41) is 5.93. The van der Waals surface area contributed by atoms with Crippen molar-refractivity contribution in [2.75, 3.05) is 52.8 Å². The number of nitrogens with one attached hydrogen (secondary N) is 2. The maximum atomic E-state index is 11.9. The molecule has 0 heterocycles. The molecule has 0 aromatic heterocycles. The Kier molecular flexibility index (Phi) is 7.04. The van der Waals surface area contributed by atoms with Crippen LogP contribution in [0.15, 0.2) is 18.2 Å². The van der Waals surface area contributed by atoms with E-state index in [9.17, 15) is 4.79 Å². The predicted octanol–water partition coefficient (Wildman–Crippen LogP) is 1.34. The zero-order chi connectivity index (χ0) is 15.0. The van der Waals surface area contributed by atoms with Crippen LogP contribution in [0.25, 0.3) is 0 Å². The first kappa shape index (κ1) is 16.5. The normalized spacial score (nSPS) is 10.7. The number of carbonyl (C=O) groups excluding carboxylic acids is 1. The van der Waals surface area contributed by atoms with Crippen LogP contribution in [0.2, 0.25) is 0 Å². The van der Waals surface area contributed by atoms with Crippen molar-refractivity contribution in [2.45, 2.75) is 6.92 Å². The van der Waals surface area contributed by atoms with E-state index in [1.54, 1.807) is 0 Å². The zero-order valence-electron chi connectivity index (χ0n) is 12.8. The number of rotatable bonds is 8. The van der Waals surface area contributed by atoms with Gasteiger partial charge in [0.2, 0.25) is 0 Å². The van der Waals surface area contributed by atoms with Crippen LogP contribution in [0.1, 0.15) is 15.9 Å². The van der Waals surface area contributed by atoms with Crippen molar-refractivity contribution in [3.63, 3.8) is 0 Å². The molecule has 20 heavy (non-hydrogen) atoms. The van der Waals surface area contributed by atoms with Gasteiger partial charge in [-0.15, -0.1) is 0 Å². The molecule has 0 aliphatic heterocycles. The number of carbonyl (C=O) groups is 1. The first-order chi connectivity index (χ1) is 9.54. The minimum absolute atomic E-state index is 0.0630. The van der Waals surface area contributed by atoms with Gasteiger partial charge in [0.1, 0.15) is 0 Å². The van der Waals surface area contributed by atoms with E-state index < -0.39 is 0 Å². The van der Waals surface area contributed by atoms with Crippen LogP contribution >= 0.6 is 0 Å². The van der Waals surface area contributed by atoms with Crippen LogP contribution in [-0.4, -0.2) is 58.3 Å². The molecule has 0 fully saturated rings. The van der Waals surface area contributed by atoms with Crippen LogP contribution in [0.4, 0.5) is 5.69 Å². The van der Waals surface area contributed by atoms with Crippen molar-refractivity contribution in [1.29, 1.82) is 0 Å². The lowest BCUT2D eigenvalue weighted by Gasteiger charge is -2.11. The Hall–Kier alpha value is -1.59. The van der Waals surface area contributed by atoms with Gasteiger partial charge >= 0.3 is 0 Å². The molecule has 5 nitrogen and oxygen atoms in total. The zero-order valence-corrected chi connectivity index (χ0v) is 12.8. The molecule has 2 N–H and O–H groups in total. The Balaban J connectivity index is 2.31. The van der Waals surface area contributed by atoms with Crippen molar-refractivity contribution in [2.24, 2.45) is 0 Å². The van der Waals surface area contributed by atoms with Crippen LogP contribution in [-0.2, 0) is 4.74 Å². The fourth-order valence-corrected chi connectivity index (χ4v) is 1.77. The lowest BCUT2D eigenvalue weighted by Crippen LogP contribution is -2.28. The van der Waals surface area contributed by atoms with Crippen LogP contribution in [0.3, 0.4) is 0 Å². The molecule has 0 saturated carbocycles. The van der Waals surface area contributed by atoms with Gasteiger partial charge in [-0.05, 0) is 44.8 Å². The van der Waals surface area contributed by atoms with Gasteiger partial charge < -0.3 is 20.3 Å². The van der Waals surface area contributed by atoms with Gasteiger partial charge in [-0.1, -0.05) is 0 Å². The minimum atomic E-state index is -0.0630. The van der Waals surface area contributed by atoms with Crippen molar-refractivity contribution < 1.29 is 9.53 Å². The molecule has 0 aliphatic rings. The minimum Gasteiger partial charge on any atom is -0.388 e. The highest BCUT2D eigenvalue weighted by Gasteiger charge is 2.06. The number of hydrogen-bond donors (Lipinski definition) is 2. The van der Waals surface area contributed by atoms with Crippen molar-refractivity contribution in [1.82, 2.24) is 10.2 Å². The van der Waals surface area contributed by atoms with Gasteiger partial charge in [0.15, 0.2) is 0 Å². The number of ether oxygens (including phenoxy) is 1. The second-order valence-electron chi connectivity index (χ2n) is 4.95. The van der Waals surface area contributed by atoms with Gasteiger partial charge in [-0.3, -0.25) is 4.79 Å².